The van der Waals surface area contributed by atoms with Gasteiger partial charge in [-0.25, -0.2) is 9.97 Å². The van der Waals surface area contributed by atoms with Crippen LogP contribution in [0, 0.1) is 13.8 Å². The Hall–Kier alpha value is -2.36. The number of aromatic nitrogens is 3. The third-order valence-corrected chi connectivity index (χ3v) is 5.38. The summed E-state index contributed by atoms with van der Waals surface area (Å²) in [4.78, 5) is 15.0. The van der Waals surface area contributed by atoms with E-state index in [1.54, 1.807) is 0 Å². The number of rotatable bonds is 2. The zero-order valence-corrected chi connectivity index (χ0v) is 14.6. The Labute approximate surface area is 142 Å². The molecule has 1 aromatic carbocycles. The third kappa shape index (κ3) is 2.66. The van der Waals surface area contributed by atoms with Gasteiger partial charge in [-0.05, 0) is 62.9 Å². The molecule has 2 unspecified atom stereocenters. The number of fused-ring (bicyclic) bond motifs is 1. The van der Waals surface area contributed by atoms with Crippen molar-refractivity contribution in [2.45, 2.75) is 45.6 Å². The van der Waals surface area contributed by atoms with Gasteiger partial charge >= 0.3 is 0 Å². The van der Waals surface area contributed by atoms with Crippen LogP contribution in [0.25, 0.3) is 11.0 Å². The van der Waals surface area contributed by atoms with Crippen molar-refractivity contribution in [1.82, 2.24) is 15.0 Å². The first-order chi connectivity index (χ1) is 11.6. The van der Waals surface area contributed by atoms with Gasteiger partial charge in [-0.15, -0.1) is 0 Å². The highest BCUT2D eigenvalue weighted by Crippen LogP contribution is 2.33. The molecule has 124 valence electrons. The lowest BCUT2D eigenvalue weighted by Crippen LogP contribution is -2.40. The molecule has 4 heteroatoms. The number of H-pyrrole nitrogens is 1. The van der Waals surface area contributed by atoms with Gasteiger partial charge in [-0.3, -0.25) is 0 Å². The van der Waals surface area contributed by atoms with Crippen molar-refractivity contribution in [3.8, 4) is 0 Å². The van der Waals surface area contributed by atoms with E-state index in [-0.39, 0.29) is 0 Å². The summed E-state index contributed by atoms with van der Waals surface area (Å²) in [5.74, 6) is 1.44. The van der Waals surface area contributed by atoms with E-state index in [1.165, 1.54) is 16.8 Å². The average Bonchev–Trinajstić information content (AvgIpc) is 3.05. The van der Waals surface area contributed by atoms with Crippen molar-refractivity contribution in [1.29, 1.82) is 0 Å². The molecule has 4 nitrogen and oxygen atoms in total. The van der Waals surface area contributed by atoms with Crippen LogP contribution in [0.1, 0.15) is 42.6 Å². The summed E-state index contributed by atoms with van der Waals surface area (Å²) in [5, 5.41) is 0. The van der Waals surface area contributed by atoms with Crippen LogP contribution in [0.15, 0.2) is 36.7 Å². The molecule has 2 aromatic heterocycles. The Bertz CT molecular complexity index is 867. The Balaban J connectivity index is 1.54. The number of hydrogen-bond donors (Lipinski definition) is 1. The second kappa shape index (κ2) is 5.93. The summed E-state index contributed by atoms with van der Waals surface area (Å²) >= 11 is 0. The van der Waals surface area contributed by atoms with Crippen molar-refractivity contribution in [3.05, 3.63) is 53.6 Å². The first-order valence-electron chi connectivity index (χ1n) is 8.76. The fourth-order valence-electron chi connectivity index (χ4n) is 3.75. The minimum atomic E-state index is 0.446. The van der Waals surface area contributed by atoms with Crippen LogP contribution >= 0.6 is 0 Å². The van der Waals surface area contributed by atoms with Crippen molar-refractivity contribution in [2.24, 2.45) is 0 Å². The topological polar surface area (TPSA) is 44.8 Å². The predicted molar refractivity (Wildman–Crippen MR) is 98.6 cm³/mol. The molecule has 1 fully saturated rings. The second-order valence-electron chi connectivity index (χ2n) is 7.04. The van der Waals surface area contributed by atoms with Gasteiger partial charge in [-0.1, -0.05) is 6.07 Å². The smallest absolute Gasteiger partial charge is 0.132 e. The number of nitrogens with zero attached hydrogens (tertiary/aromatic N) is 3. The quantitative estimate of drug-likeness (QED) is 0.763. The molecule has 0 amide bonds. The van der Waals surface area contributed by atoms with Gasteiger partial charge < -0.3 is 9.88 Å². The van der Waals surface area contributed by atoms with Crippen molar-refractivity contribution in [3.63, 3.8) is 0 Å². The fourth-order valence-corrected chi connectivity index (χ4v) is 3.75. The standard InChI is InChI=1S/C20H24N4/c1-13-4-5-17(10-14(13)2)24-9-7-16(11-15(24)3)20-22-12-19-18(23-20)6-8-21-19/h4-6,8,10,12,15-16,21H,7,9,11H2,1-3H3. The molecule has 0 aliphatic carbocycles. The lowest BCUT2D eigenvalue weighted by Gasteiger charge is -2.39. The van der Waals surface area contributed by atoms with Crippen LogP contribution in [-0.4, -0.2) is 27.5 Å². The molecule has 1 N–H and O–H groups in total. The third-order valence-electron chi connectivity index (χ3n) is 5.38. The summed E-state index contributed by atoms with van der Waals surface area (Å²) in [6.07, 6.45) is 6.04. The summed E-state index contributed by atoms with van der Waals surface area (Å²) in [5.41, 5.74) is 6.09. The maximum absolute atomic E-state index is 4.76. The van der Waals surface area contributed by atoms with E-state index in [0.717, 1.165) is 36.2 Å². The van der Waals surface area contributed by atoms with E-state index in [1.807, 2.05) is 18.5 Å². The first-order valence-corrected chi connectivity index (χ1v) is 8.76. The normalized spacial score (nSPS) is 21.4. The van der Waals surface area contributed by atoms with Crippen molar-refractivity contribution in [2.75, 3.05) is 11.4 Å². The van der Waals surface area contributed by atoms with Gasteiger partial charge in [-0.2, -0.15) is 0 Å². The van der Waals surface area contributed by atoms with Gasteiger partial charge in [0, 0.05) is 30.4 Å². The van der Waals surface area contributed by atoms with Gasteiger partial charge in [0.1, 0.15) is 5.82 Å². The number of aromatic amines is 1. The van der Waals surface area contributed by atoms with E-state index < -0.39 is 0 Å². The van der Waals surface area contributed by atoms with Crippen LogP contribution in [0.3, 0.4) is 0 Å². The number of benzene rings is 1. The molecule has 0 spiro atoms. The first kappa shape index (κ1) is 15.2. The highest BCUT2D eigenvalue weighted by Gasteiger charge is 2.28. The lowest BCUT2D eigenvalue weighted by atomic mass is 9.90. The summed E-state index contributed by atoms with van der Waals surface area (Å²) < 4.78 is 0. The Morgan fingerprint density at radius 2 is 2.04 bits per heavy atom. The predicted octanol–water partition coefficient (Wildman–Crippen LogP) is 4.35. The molecule has 0 bridgehead atoms. The Morgan fingerprint density at radius 1 is 1.17 bits per heavy atom. The van der Waals surface area contributed by atoms with Gasteiger partial charge in [0.05, 0.1) is 17.2 Å². The monoisotopic (exact) mass is 320 g/mol. The van der Waals surface area contributed by atoms with Crippen LogP contribution in [0.5, 0.6) is 0 Å². The summed E-state index contributed by atoms with van der Waals surface area (Å²) in [6.45, 7) is 7.73. The van der Waals surface area contributed by atoms with Crippen molar-refractivity contribution >= 4 is 16.7 Å². The molecular formula is C20H24N4. The lowest BCUT2D eigenvalue weighted by molar-refractivity contribution is 0.419. The molecule has 0 radical (unpaired) electrons. The molecular weight excluding hydrogens is 296 g/mol. The average molecular weight is 320 g/mol. The maximum Gasteiger partial charge on any atom is 0.132 e. The van der Waals surface area contributed by atoms with Crippen LogP contribution in [0.2, 0.25) is 0 Å². The molecule has 1 saturated heterocycles. The molecule has 4 rings (SSSR count). The van der Waals surface area contributed by atoms with Crippen molar-refractivity contribution < 1.29 is 0 Å². The fraction of sp³-hybridized carbons (Fsp3) is 0.400. The highest BCUT2D eigenvalue weighted by molar-refractivity contribution is 5.73. The van der Waals surface area contributed by atoms with E-state index in [4.69, 9.17) is 4.98 Å². The molecule has 3 heterocycles. The maximum atomic E-state index is 4.76. The van der Waals surface area contributed by atoms with Gasteiger partial charge in [0.25, 0.3) is 0 Å². The molecule has 2 atom stereocenters. The minimum absolute atomic E-state index is 0.446. The minimum Gasteiger partial charge on any atom is -0.369 e. The van der Waals surface area contributed by atoms with Gasteiger partial charge in [0.2, 0.25) is 0 Å². The summed E-state index contributed by atoms with van der Waals surface area (Å²) in [6, 6.07) is 9.31. The molecule has 3 aromatic rings. The summed E-state index contributed by atoms with van der Waals surface area (Å²) in [7, 11) is 0. The molecule has 0 saturated carbocycles. The SMILES string of the molecule is Cc1ccc(N2CCC(c3ncc4[nH]ccc4n3)CC2C)cc1C. The largest absolute Gasteiger partial charge is 0.369 e. The second-order valence-corrected chi connectivity index (χ2v) is 7.04. The number of piperidine rings is 1. The van der Waals surface area contributed by atoms with Crippen LogP contribution in [-0.2, 0) is 0 Å². The zero-order chi connectivity index (χ0) is 16.7. The molecule has 1 aliphatic heterocycles. The van der Waals surface area contributed by atoms with Gasteiger partial charge in [0.15, 0.2) is 0 Å². The van der Waals surface area contributed by atoms with E-state index in [9.17, 15) is 0 Å². The Kier molecular flexibility index (Phi) is 3.75. The Morgan fingerprint density at radius 3 is 2.83 bits per heavy atom. The number of nitrogens with one attached hydrogen (secondary N) is 1. The van der Waals surface area contributed by atoms with E-state index in [0.29, 0.717) is 12.0 Å². The molecule has 1 aliphatic rings. The number of aryl methyl sites for hydroxylation is 2. The molecule has 24 heavy (non-hydrogen) atoms. The number of hydrogen-bond acceptors (Lipinski definition) is 3. The van der Waals surface area contributed by atoms with Crippen LogP contribution in [0.4, 0.5) is 5.69 Å². The van der Waals surface area contributed by atoms with E-state index >= 15 is 0 Å². The highest BCUT2D eigenvalue weighted by atomic mass is 15.2. The van der Waals surface area contributed by atoms with Crippen LogP contribution < -0.4 is 4.90 Å². The zero-order valence-electron chi connectivity index (χ0n) is 14.6. The number of anilines is 1. The van der Waals surface area contributed by atoms with E-state index in [2.05, 4.69) is 53.8 Å².